The highest BCUT2D eigenvalue weighted by Crippen LogP contribution is 2.17. The van der Waals surface area contributed by atoms with E-state index in [0.717, 1.165) is 0 Å². The molecule has 0 aliphatic carbocycles. The van der Waals surface area contributed by atoms with Crippen LogP contribution in [-0.4, -0.2) is 46.4 Å². The van der Waals surface area contributed by atoms with Crippen molar-refractivity contribution in [2.45, 2.75) is 26.1 Å². The molecule has 2 rings (SSSR count). The first-order chi connectivity index (χ1) is 8.60. The molecule has 2 unspecified atom stereocenters. The van der Waals surface area contributed by atoms with Crippen LogP contribution in [0.3, 0.4) is 0 Å². The Morgan fingerprint density at radius 3 is 2.72 bits per heavy atom. The van der Waals surface area contributed by atoms with Crippen LogP contribution < -0.4 is 10.4 Å². The summed E-state index contributed by atoms with van der Waals surface area (Å²) in [5, 5.41) is 8.57. The van der Waals surface area contributed by atoms with Gasteiger partial charge in [-0.05, 0) is 13.8 Å². The molecule has 18 heavy (non-hydrogen) atoms. The SMILES string of the molecule is CC1CN(c2cncc(C(=O)NO)n2)CC(C)O1. The lowest BCUT2D eigenvalue weighted by atomic mass is 10.2. The molecule has 2 N–H and O–H groups in total. The predicted molar refractivity (Wildman–Crippen MR) is 63.5 cm³/mol. The average Bonchev–Trinajstić information content (AvgIpc) is 2.37. The maximum Gasteiger partial charge on any atom is 0.294 e. The number of hydroxylamine groups is 1. The number of nitrogens with one attached hydrogen (secondary N) is 1. The van der Waals surface area contributed by atoms with Crippen molar-refractivity contribution in [2.75, 3.05) is 18.0 Å². The third-order valence-corrected chi connectivity index (χ3v) is 2.70. The standard InChI is InChI=1S/C11H16N4O3/c1-7-5-15(6-8(2)18-7)10-4-12-3-9(13-10)11(16)14-17/h3-4,7-8,17H,5-6H2,1-2H3,(H,14,16). The van der Waals surface area contributed by atoms with Gasteiger partial charge in [-0.1, -0.05) is 0 Å². The van der Waals surface area contributed by atoms with E-state index in [1.54, 1.807) is 11.7 Å². The number of anilines is 1. The van der Waals surface area contributed by atoms with Gasteiger partial charge in [0.25, 0.3) is 5.91 Å². The van der Waals surface area contributed by atoms with Gasteiger partial charge in [0, 0.05) is 13.1 Å². The molecule has 0 radical (unpaired) electrons. The van der Waals surface area contributed by atoms with E-state index in [1.807, 2.05) is 18.7 Å². The lowest BCUT2D eigenvalue weighted by Gasteiger charge is -2.35. The molecular formula is C11H16N4O3. The smallest absolute Gasteiger partial charge is 0.294 e. The van der Waals surface area contributed by atoms with Crippen LogP contribution in [-0.2, 0) is 4.74 Å². The Hall–Kier alpha value is -1.73. The average molecular weight is 252 g/mol. The van der Waals surface area contributed by atoms with Crippen LogP contribution in [0.2, 0.25) is 0 Å². The zero-order chi connectivity index (χ0) is 13.1. The summed E-state index contributed by atoms with van der Waals surface area (Å²) in [6.07, 6.45) is 3.11. The van der Waals surface area contributed by atoms with Gasteiger partial charge in [-0.25, -0.2) is 10.5 Å². The third-order valence-electron chi connectivity index (χ3n) is 2.70. The zero-order valence-corrected chi connectivity index (χ0v) is 10.3. The molecule has 1 aliphatic heterocycles. The molecule has 1 aromatic rings. The zero-order valence-electron chi connectivity index (χ0n) is 10.3. The second kappa shape index (κ2) is 5.28. The van der Waals surface area contributed by atoms with Gasteiger partial charge in [0.05, 0.1) is 24.6 Å². The molecule has 0 bridgehead atoms. The number of carbonyl (C=O) groups excluding carboxylic acids is 1. The molecule has 0 aromatic carbocycles. The lowest BCUT2D eigenvalue weighted by molar-refractivity contribution is -0.00548. The highest BCUT2D eigenvalue weighted by atomic mass is 16.5. The maximum absolute atomic E-state index is 11.3. The molecule has 1 aliphatic rings. The number of morpholine rings is 1. The number of aromatic nitrogens is 2. The van der Waals surface area contributed by atoms with E-state index < -0.39 is 5.91 Å². The first kappa shape index (κ1) is 12.7. The summed E-state index contributed by atoms with van der Waals surface area (Å²) in [5.41, 5.74) is 1.63. The molecule has 2 atom stereocenters. The van der Waals surface area contributed by atoms with Crippen molar-refractivity contribution in [1.82, 2.24) is 15.4 Å². The Balaban J connectivity index is 2.20. The van der Waals surface area contributed by atoms with Crippen molar-refractivity contribution in [3.05, 3.63) is 18.1 Å². The molecule has 1 fully saturated rings. The molecule has 7 heteroatoms. The summed E-state index contributed by atoms with van der Waals surface area (Å²) >= 11 is 0. The Morgan fingerprint density at radius 1 is 1.44 bits per heavy atom. The number of ether oxygens (including phenoxy) is 1. The third kappa shape index (κ3) is 2.74. The van der Waals surface area contributed by atoms with Gasteiger partial charge in [0.2, 0.25) is 0 Å². The number of hydrogen-bond donors (Lipinski definition) is 2. The fourth-order valence-corrected chi connectivity index (χ4v) is 2.04. The van der Waals surface area contributed by atoms with E-state index in [1.165, 1.54) is 6.20 Å². The van der Waals surface area contributed by atoms with E-state index in [4.69, 9.17) is 9.94 Å². The van der Waals surface area contributed by atoms with Gasteiger partial charge in [-0.3, -0.25) is 15.0 Å². The van der Waals surface area contributed by atoms with Gasteiger partial charge >= 0.3 is 0 Å². The summed E-state index contributed by atoms with van der Waals surface area (Å²) in [6.45, 7) is 5.37. The normalized spacial score (nSPS) is 23.8. The predicted octanol–water partition coefficient (Wildman–Crippen LogP) is 0.209. The minimum atomic E-state index is -0.668. The van der Waals surface area contributed by atoms with E-state index >= 15 is 0 Å². The van der Waals surface area contributed by atoms with Crippen LogP contribution in [0.15, 0.2) is 12.4 Å². The van der Waals surface area contributed by atoms with Crippen molar-refractivity contribution in [3.63, 3.8) is 0 Å². The van der Waals surface area contributed by atoms with Crippen molar-refractivity contribution in [3.8, 4) is 0 Å². The first-order valence-electron chi connectivity index (χ1n) is 5.77. The topological polar surface area (TPSA) is 87.6 Å². The largest absolute Gasteiger partial charge is 0.372 e. The van der Waals surface area contributed by atoms with E-state index in [9.17, 15) is 4.79 Å². The molecule has 0 saturated carbocycles. The summed E-state index contributed by atoms with van der Waals surface area (Å²) in [4.78, 5) is 21.4. The second-order valence-corrected chi connectivity index (χ2v) is 4.37. The molecule has 1 saturated heterocycles. The van der Waals surface area contributed by atoms with Gasteiger partial charge < -0.3 is 9.64 Å². The number of hydrogen-bond acceptors (Lipinski definition) is 6. The summed E-state index contributed by atoms with van der Waals surface area (Å²) < 4.78 is 5.63. The highest BCUT2D eigenvalue weighted by molar-refractivity contribution is 5.91. The van der Waals surface area contributed by atoms with Crippen LogP contribution in [0.5, 0.6) is 0 Å². The van der Waals surface area contributed by atoms with Crippen LogP contribution in [0, 0.1) is 0 Å². The van der Waals surface area contributed by atoms with Crippen molar-refractivity contribution in [1.29, 1.82) is 0 Å². The minimum Gasteiger partial charge on any atom is -0.372 e. The van der Waals surface area contributed by atoms with Crippen molar-refractivity contribution >= 4 is 11.7 Å². The minimum absolute atomic E-state index is 0.0850. The molecule has 1 aromatic heterocycles. The number of amides is 1. The molecule has 98 valence electrons. The van der Waals surface area contributed by atoms with E-state index in [-0.39, 0.29) is 17.9 Å². The first-order valence-corrected chi connectivity index (χ1v) is 5.77. The fraction of sp³-hybridized carbons (Fsp3) is 0.545. The molecule has 0 spiro atoms. The van der Waals surface area contributed by atoms with Crippen LogP contribution in [0.25, 0.3) is 0 Å². The van der Waals surface area contributed by atoms with Crippen LogP contribution in [0.4, 0.5) is 5.82 Å². The van der Waals surface area contributed by atoms with E-state index in [0.29, 0.717) is 18.9 Å². The Labute approximate surface area is 105 Å². The quantitative estimate of drug-likeness (QED) is 0.578. The Bertz CT molecular complexity index is 430. The van der Waals surface area contributed by atoms with Crippen LogP contribution >= 0.6 is 0 Å². The number of carbonyl (C=O) groups is 1. The second-order valence-electron chi connectivity index (χ2n) is 4.37. The lowest BCUT2D eigenvalue weighted by Crippen LogP contribution is -2.46. The summed E-state index contributed by atoms with van der Waals surface area (Å²) in [7, 11) is 0. The summed E-state index contributed by atoms with van der Waals surface area (Å²) in [5.74, 6) is -0.0585. The molecular weight excluding hydrogens is 236 g/mol. The maximum atomic E-state index is 11.3. The van der Waals surface area contributed by atoms with Crippen molar-refractivity contribution in [2.24, 2.45) is 0 Å². The Kier molecular flexibility index (Phi) is 3.73. The van der Waals surface area contributed by atoms with Gasteiger partial charge in [0.1, 0.15) is 5.82 Å². The van der Waals surface area contributed by atoms with Crippen molar-refractivity contribution < 1.29 is 14.7 Å². The van der Waals surface area contributed by atoms with Gasteiger partial charge in [0.15, 0.2) is 5.69 Å². The highest BCUT2D eigenvalue weighted by Gasteiger charge is 2.23. The van der Waals surface area contributed by atoms with Gasteiger partial charge in [-0.2, -0.15) is 0 Å². The number of rotatable bonds is 2. The molecule has 1 amide bonds. The molecule has 7 nitrogen and oxygen atoms in total. The van der Waals surface area contributed by atoms with E-state index in [2.05, 4.69) is 9.97 Å². The monoisotopic (exact) mass is 252 g/mol. The fourth-order valence-electron chi connectivity index (χ4n) is 2.04. The summed E-state index contributed by atoms with van der Waals surface area (Å²) in [6, 6.07) is 0. The Morgan fingerprint density at radius 2 is 2.11 bits per heavy atom. The molecule has 2 heterocycles. The van der Waals surface area contributed by atoms with Crippen LogP contribution in [0.1, 0.15) is 24.3 Å². The van der Waals surface area contributed by atoms with Gasteiger partial charge in [-0.15, -0.1) is 0 Å². The number of nitrogens with zero attached hydrogens (tertiary/aromatic N) is 3.